The first-order chi connectivity index (χ1) is 9.13. The third-order valence-electron chi connectivity index (χ3n) is 3.47. The molecule has 1 amide bonds. The maximum atomic E-state index is 13.9. The van der Waals surface area contributed by atoms with Gasteiger partial charge in [0.15, 0.2) is 0 Å². The minimum atomic E-state index is -0.553. The van der Waals surface area contributed by atoms with E-state index in [2.05, 4.69) is 0 Å². The summed E-state index contributed by atoms with van der Waals surface area (Å²) >= 11 is 0. The van der Waals surface area contributed by atoms with E-state index in [0.717, 1.165) is 12.8 Å². The summed E-state index contributed by atoms with van der Waals surface area (Å²) in [6, 6.07) is 4.40. The Morgan fingerprint density at radius 3 is 2.68 bits per heavy atom. The average molecular weight is 267 g/mol. The molecule has 1 aromatic carbocycles. The van der Waals surface area contributed by atoms with Crippen molar-refractivity contribution in [2.45, 2.75) is 18.9 Å². The van der Waals surface area contributed by atoms with E-state index in [9.17, 15) is 9.18 Å². The van der Waals surface area contributed by atoms with E-state index in [-0.39, 0.29) is 17.5 Å². The number of amides is 1. The molecule has 1 heterocycles. The molecule has 1 aliphatic heterocycles. The smallest absolute Gasteiger partial charge is 0.256 e. The lowest BCUT2D eigenvalue weighted by Crippen LogP contribution is -2.40. The van der Waals surface area contributed by atoms with Gasteiger partial charge in [0.1, 0.15) is 11.6 Å². The predicted molar refractivity (Wildman–Crippen MR) is 68.9 cm³/mol. The number of halogens is 1. The van der Waals surface area contributed by atoms with Gasteiger partial charge in [-0.3, -0.25) is 4.79 Å². The summed E-state index contributed by atoms with van der Waals surface area (Å²) in [5, 5.41) is 0. The molecule has 0 N–H and O–H groups in total. The SMILES string of the molecule is COc1ccc(C(=O)N(C)C2CCOCC2)c(F)c1. The van der Waals surface area contributed by atoms with Crippen LogP contribution in [0.25, 0.3) is 0 Å². The van der Waals surface area contributed by atoms with Gasteiger partial charge in [0.25, 0.3) is 5.91 Å². The Hall–Kier alpha value is -1.62. The number of methoxy groups -OCH3 is 1. The zero-order valence-electron chi connectivity index (χ0n) is 11.2. The van der Waals surface area contributed by atoms with Crippen LogP contribution >= 0.6 is 0 Å². The molecule has 4 nitrogen and oxygen atoms in total. The molecule has 0 saturated carbocycles. The molecule has 1 aromatic rings. The van der Waals surface area contributed by atoms with E-state index in [1.165, 1.54) is 19.2 Å². The third kappa shape index (κ3) is 3.04. The highest BCUT2D eigenvalue weighted by atomic mass is 19.1. The van der Waals surface area contributed by atoms with Crippen LogP contribution in [-0.4, -0.2) is 44.2 Å². The molecule has 0 aromatic heterocycles. The van der Waals surface area contributed by atoms with Gasteiger partial charge in [-0.25, -0.2) is 4.39 Å². The molecule has 0 atom stereocenters. The number of carbonyl (C=O) groups is 1. The maximum Gasteiger partial charge on any atom is 0.256 e. The zero-order chi connectivity index (χ0) is 13.8. The quantitative estimate of drug-likeness (QED) is 0.841. The van der Waals surface area contributed by atoms with Gasteiger partial charge in [-0.15, -0.1) is 0 Å². The molecule has 5 heteroatoms. The van der Waals surface area contributed by atoms with Crippen LogP contribution in [-0.2, 0) is 4.74 Å². The number of carbonyl (C=O) groups excluding carboxylic acids is 1. The molecule has 2 rings (SSSR count). The van der Waals surface area contributed by atoms with Crippen LogP contribution in [0, 0.1) is 5.82 Å². The summed E-state index contributed by atoms with van der Waals surface area (Å²) in [6.45, 7) is 1.29. The monoisotopic (exact) mass is 267 g/mol. The minimum absolute atomic E-state index is 0.0785. The highest BCUT2D eigenvalue weighted by Gasteiger charge is 2.25. The fourth-order valence-electron chi connectivity index (χ4n) is 2.22. The predicted octanol–water partition coefficient (Wildman–Crippen LogP) is 2.09. The van der Waals surface area contributed by atoms with Crippen molar-refractivity contribution in [2.24, 2.45) is 0 Å². The van der Waals surface area contributed by atoms with Crippen molar-refractivity contribution in [1.82, 2.24) is 4.90 Å². The van der Waals surface area contributed by atoms with E-state index in [4.69, 9.17) is 9.47 Å². The van der Waals surface area contributed by atoms with Crippen molar-refractivity contribution >= 4 is 5.91 Å². The van der Waals surface area contributed by atoms with Crippen LogP contribution in [0.4, 0.5) is 4.39 Å². The lowest BCUT2D eigenvalue weighted by atomic mass is 10.1. The van der Waals surface area contributed by atoms with Gasteiger partial charge >= 0.3 is 0 Å². The molecule has 1 fully saturated rings. The molecule has 0 radical (unpaired) electrons. The average Bonchev–Trinajstić information content (AvgIpc) is 2.46. The lowest BCUT2D eigenvalue weighted by Gasteiger charge is -2.31. The second-order valence-electron chi connectivity index (χ2n) is 4.61. The number of benzene rings is 1. The molecule has 1 aliphatic rings. The van der Waals surface area contributed by atoms with Crippen molar-refractivity contribution in [2.75, 3.05) is 27.4 Å². The summed E-state index contributed by atoms with van der Waals surface area (Å²) < 4.78 is 24.0. The number of nitrogens with zero attached hydrogens (tertiary/aromatic N) is 1. The van der Waals surface area contributed by atoms with Crippen LogP contribution in [0.2, 0.25) is 0 Å². The molecular weight excluding hydrogens is 249 g/mol. The van der Waals surface area contributed by atoms with Gasteiger partial charge in [0, 0.05) is 32.4 Å². The summed E-state index contributed by atoms with van der Waals surface area (Å²) in [5.74, 6) is -0.446. The molecule has 0 spiro atoms. The largest absolute Gasteiger partial charge is 0.497 e. The van der Waals surface area contributed by atoms with E-state index < -0.39 is 5.82 Å². The van der Waals surface area contributed by atoms with Crippen molar-refractivity contribution in [3.05, 3.63) is 29.6 Å². The molecule has 0 aliphatic carbocycles. The summed E-state index contributed by atoms with van der Waals surface area (Å²) in [7, 11) is 3.17. The Kier molecular flexibility index (Phi) is 4.37. The van der Waals surface area contributed by atoms with Gasteiger partial charge in [-0.2, -0.15) is 0 Å². The second kappa shape index (κ2) is 6.02. The first-order valence-electron chi connectivity index (χ1n) is 6.32. The number of hydrogen-bond acceptors (Lipinski definition) is 3. The Morgan fingerprint density at radius 2 is 2.11 bits per heavy atom. The van der Waals surface area contributed by atoms with Crippen LogP contribution in [0.5, 0.6) is 5.75 Å². The van der Waals surface area contributed by atoms with Crippen molar-refractivity contribution in [3.8, 4) is 5.75 Å². The van der Waals surface area contributed by atoms with Gasteiger partial charge < -0.3 is 14.4 Å². The van der Waals surface area contributed by atoms with E-state index in [1.54, 1.807) is 18.0 Å². The topological polar surface area (TPSA) is 38.8 Å². The standard InChI is InChI=1S/C14H18FNO3/c1-16(10-5-7-19-8-6-10)14(17)12-4-3-11(18-2)9-13(12)15/h3-4,9-10H,5-8H2,1-2H3. The third-order valence-corrected chi connectivity index (χ3v) is 3.47. The Morgan fingerprint density at radius 1 is 1.42 bits per heavy atom. The molecule has 0 unspecified atom stereocenters. The zero-order valence-corrected chi connectivity index (χ0v) is 11.2. The normalized spacial score (nSPS) is 16.2. The van der Waals surface area contributed by atoms with Crippen LogP contribution in [0.1, 0.15) is 23.2 Å². The fraction of sp³-hybridized carbons (Fsp3) is 0.500. The fourth-order valence-corrected chi connectivity index (χ4v) is 2.22. The van der Waals surface area contributed by atoms with Crippen LogP contribution < -0.4 is 4.74 Å². The van der Waals surface area contributed by atoms with E-state index in [0.29, 0.717) is 19.0 Å². The van der Waals surface area contributed by atoms with Crippen molar-refractivity contribution in [3.63, 3.8) is 0 Å². The first-order valence-corrected chi connectivity index (χ1v) is 6.32. The minimum Gasteiger partial charge on any atom is -0.497 e. The van der Waals surface area contributed by atoms with Crippen LogP contribution in [0.15, 0.2) is 18.2 Å². The molecule has 104 valence electrons. The second-order valence-corrected chi connectivity index (χ2v) is 4.61. The lowest BCUT2D eigenvalue weighted by molar-refractivity contribution is 0.0359. The van der Waals surface area contributed by atoms with E-state index >= 15 is 0 Å². The Balaban J connectivity index is 2.14. The van der Waals surface area contributed by atoms with Crippen LogP contribution in [0.3, 0.4) is 0 Å². The summed E-state index contributed by atoms with van der Waals surface area (Å²) in [6.07, 6.45) is 1.58. The van der Waals surface area contributed by atoms with Gasteiger partial charge in [0.05, 0.1) is 12.7 Å². The molecule has 0 bridgehead atoms. The maximum absolute atomic E-state index is 13.9. The van der Waals surface area contributed by atoms with Gasteiger partial charge in [0.2, 0.25) is 0 Å². The number of hydrogen-bond donors (Lipinski definition) is 0. The highest BCUT2D eigenvalue weighted by molar-refractivity contribution is 5.94. The number of ether oxygens (including phenoxy) is 2. The van der Waals surface area contributed by atoms with E-state index in [1.807, 2.05) is 0 Å². The summed E-state index contributed by atoms with van der Waals surface area (Å²) in [5.41, 5.74) is 0.0785. The highest BCUT2D eigenvalue weighted by Crippen LogP contribution is 2.20. The van der Waals surface area contributed by atoms with Crippen molar-refractivity contribution < 1.29 is 18.7 Å². The summed E-state index contributed by atoms with van der Waals surface area (Å²) in [4.78, 5) is 13.9. The number of rotatable bonds is 3. The Bertz CT molecular complexity index is 458. The van der Waals surface area contributed by atoms with Crippen molar-refractivity contribution in [1.29, 1.82) is 0 Å². The molecular formula is C14H18FNO3. The first kappa shape index (κ1) is 13.8. The van der Waals surface area contributed by atoms with Gasteiger partial charge in [-0.05, 0) is 25.0 Å². The molecule has 19 heavy (non-hydrogen) atoms. The Labute approximate surface area is 112 Å². The molecule has 1 saturated heterocycles. The van der Waals surface area contributed by atoms with Gasteiger partial charge in [-0.1, -0.05) is 0 Å².